The van der Waals surface area contributed by atoms with Crippen LogP contribution in [0.1, 0.15) is 182 Å². The van der Waals surface area contributed by atoms with E-state index in [0.29, 0.717) is 39.5 Å². The van der Waals surface area contributed by atoms with E-state index in [2.05, 4.69) is 147 Å². The molecular formula is C84H82N4O. The van der Waals surface area contributed by atoms with Crippen molar-refractivity contribution in [2.24, 2.45) is 0 Å². The van der Waals surface area contributed by atoms with Gasteiger partial charge in [0.2, 0.25) is 0 Å². The highest BCUT2D eigenvalue weighted by Gasteiger charge is 2.40. The molecule has 15 rings (SSSR count). The number of aromatic nitrogens is 4. The molecule has 89 heavy (non-hydrogen) atoms. The van der Waals surface area contributed by atoms with E-state index < -0.39 is 85.8 Å². The topological polar surface area (TPSA) is 35.9 Å². The highest BCUT2D eigenvalue weighted by Crippen LogP contribution is 2.54. The molecule has 0 saturated heterocycles. The second kappa shape index (κ2) is 19.9. The number of pyridine rings is 1. The van der Waals surface area contributed by atoms with Crippen molar-refractivity contribution in [1.82, 2.24) is 14.1 Å². The minimum absolute atomic E-state index is 0.163. The molecule has 0 radical (unpaired) electrons. The van der Waals surface area contributed by atoms with E-state index in [1.54, 1.807) is 22.8 Å². The van der Waals surface area contributed by atoms with Crippen LogP contribution in [0.15, 0.2) is 194 Å². The summed E-state index contributed by atoms with van der Waals surface area (Å²) in [6.45, 7) is 4.97. The predicted molar refractivity (Wildman–Crippen MR) is 371 cm³/mol. The van der Waals surface area contributed by atoms with Crippen LogP contribution < -0.4 is 9.30 Å². The first-order chi connectivity index (χ1) is 50.1. The zero-order chi connectivity index (χ0) is 78.1. The summed E-state index contributed by atoms with van der Waals surface area (Å²) in [6.07, 6.45) is -1.60. The third-order valence-corrected chi connectivity index (χ3v) is 19.0. The zero-order valence-corrected chi connectivity index (χ0v) is 51.9. The number of hydrogen-bond acceptors (Lipinski definition) is 2. The summed E-state index contributed by atoms with van der Waals surface area (Å²) >= 11 is 0. The molecule has 12 aromatic rings. The van der Waals surface area contributed by atoms with Gasteiger partial charge in [0.25, 0.3) is 6.33 Å². The van der Waals surface area contributed by atoms with Gasteiger partial charge >= 0.3 is 0 Å². The number of ether oxygens (including phenoxy) is 1. The standard InChI is InChI=1S/C84H82N4O/c1-79(2,3)55-32-29-52(30-33-55)60-26-20-27-65-67-50-72-71(83(11,12)40-41-84(72,13)14)49-66(67)61-23-15-16-24-62(61)68-43-54(53-31-36-69-70(44-53)82(9,10)39-38-81(69,7)8)45-75-78(68)87(77(60)65)51-86(75)57-21-19-22-58(47-57)89-59-34-35-64-63-25-17-18-28-73(63)88(74(64)48-59)76-46-56(37-42-85-76)80(4,5)6/h15-37,42-50H,38-41H2,1-14H3/i7D3,8D3,9D3,10D3,31D,36D,38D2,39D2,44D. The van der Waals surface area contributed by atoms with Gasteiger partial charge in [-0.25, -0.2) is 4.98 Å². The van der Waals surface area contributed by atoms with Gasteiger partial charge in [-0.15, -0.1) is 0 Å². The van der Waals surface area contributed by atoms with Crippen molar-refractivity contribution in [3.63, 3.8) is 0 Å². The first kappa shape index (κ1) is 39.3. The molecule has 0 unspecified atom stereocenters. The highest BCUT2D eigenvalue weighted by molar-refractivity contribution is 6.10. The summed E-state index contributed by atoms with van der Waals surface area (Å²) in [5.74, 6) is 1.58. The SMILES string of the molecule is [2H]c1c([2H])c2c(c([2H])c1-c1cc3c4c(c1)n(-c1cccc(Oc5ccc6c7ccccc7n(-c7cc(C(C)(C)C)ccn7)c6c5)c1)[c-][n+]4-c1c(-c4ccc(C(C)(C)C)cc4)cccc1-c1cc4c(cc1-c1ccccc1-3)C(C)(C)CCC4(C)C)C(C([2H])([2H])[2H])(C([2H])([2H])[2H])C([2H])([2H])C([2H])([2H])C2(C([2H])([2H])[2H])C([2H])([2H])[2H]. The third kappa shape index (κ3) is 9.31. The van der Waals surface area contributed by atoms with Gasteiger partial charge < -0.3 is 4.74 Å². The molecule has 0 amide bonds. The molecule has 0 bridgehead atoms. The molecule has 3 aromatic heterocycles. The van der Waals surface area contributed by atoms with Crippen LogP contribution in [0.2, 0.25) is 0 Å². The van der Waals surface area contributed by atoms with Crippen molar-refractivity contribution in [3.05, 3.63) is 234 Å². The van der Waals surface area contributed by atoms with E-state index >= 15 is 0 Å². The Kier molecular flexibility index (Phi) is 8.76. The van der Waals surface area contributed by atoms with Gasteiger partial charge in [-0.3, -0.25) is 13.7 Å². The van der Waals surface area contributed by atoms with Crippen LogP contribution in [0.3, 0.4) is 0 Å². The average Bonchev–Trinajstić information content (AvgIpc) is 0.753. The molecular weight excluding hydrogens is 1080 g/mol. The molecule has 444 valence electrons. The molecule has 0 atom stereocenters. The highest BCUT2D eigenvalue weighted by atomic mass is 16.5. The summed E-state index contributed by atoms with van der Waals surface area (Å²) in [5.41, 5.74) is 0.571. The molecule has 2 aliphatic carbocycles. The Balaban J connectivity index is 1.08. The van der Waals surface area contributed by atoms with Crippen LogP contribution in [0, 0.1) is 6.33 Å². The van der Waals surface area contributed by atoms with E-state index in [9.17, 15) is 17.8 Å². The van der Waals surface area contributed by atoms with Gasteiger partial charge in [-0.1, -0.05) is 218 Å². The van der Waals surface area contributed by atoms with Crippen LogP contribution >= 0.6 is 0 Å². The van der Waals surface area contributed by atoms with Crippen LogP contribution in [0.25, 0.3) is 106 Å². The molecule has 1 aliphatic heterocycles. The Labute approximate surface area is 553 Å². The van der Waals surface area contributed by atoms with Crippen LogP contribution in [0.5, 0.6) is 11.5 Å². The minimum atomic E-state index is -4.53. The number of hydrogen-bond donors (Lipinski definition) is 0. The maximum absolute atomic E-state index is 10.6. The molecule has 3 aliphatic rings. The van der Waals surface area contributed by atoms with Crippen molar-refractivity contribution in [1.29, 1.82) is 0 Å². The maximum Gasteiger partial charge on any atom is 0.269 e. The van der Waals surface area contributed by atoms with Crippen molar-refractivity contribution in [2.45, 2.75) is 155 Å². The lowest BCUT2D eigenvalue weighted by atomic mass is 9.62. The zero-order valence-electron chi connectivity index (χ0n) is 70.9. The van der Waals surface area contributed by atoms with Gasteiger partial charge in [-0.05, 0) is 208 Å². The lowest BCUT2D eigenvalue weighted by molar-refractivity contribution is -0.570. The molecule has 5 nitrogen and oxygen atoms in total. The first-order valence-corrected chi connectivity index (χ1v) is 30.6. The van der Waals surface area contributed by atoms with E-state index in [0.717, 1.165) is 90.5 Å². The Hall–Kier alpha value is -8.80. The second-order valence-electron chi connectivity index (χ2n) is 28.0. The van der Waals surface area contributed by atoms with Crippen molar-refractivity contribution in [2.75, 3.05) is 0 Å². The fraction of sp³-hybridized carbons (Fsp3) is 0.286. The summed E-state index contributed by atoms with van der Waals surface area (Å²) in [7, 11) is 0. The Morgan fingerprint density at radius 3 is 1.85 bits per heavy atom. The summed E-state index contributed by atoms with van der Waals surface area (Å²) < 4.78 is 192. The molecule has 0 spiro atoms. The predicted octanol–water partition coefficient (Wildman–Crippen LogP) is 21.9. The molecule has 0 N–H and O–H groups in total. The molecule has 4 heterocycles. The van der Waals surface area contributed by atoms with Gasteiger partial charge in [0, 0.05) is 45.0 Å². The monoisotopic (exact) mass is 1180 g/mol. The lowest BCUT2D eigenvalue weighted by Crippen LogP contribution is -2.34. The van der Waals surface area contributed by atoms with Crippen molar-refractivity contribution < 1.29 is 35.3 Å². The van der Waals surface area contributed by atoms with Crippen LogP contribution in [-0.4, -0.2) is 14.1 Å². The smallest absolute Gasteiger partial charge is 0.269 e. The molecule has 0 fully saturated rings. The number of benzene rings is 9. The largest absolute Gasteiger partial charge is 0.458 e. The van der Waals surface area contributed by atoms with E-state index in [1.807, 2.05) is 95.7 Å². The number of fused-ring (bicyclic) bond motifs is 12. The van der Waals surface area contributed by atoms with Gasteiger partial charge in [0.15, 0.2) is 0 Å². The fourth-order valence-corrected chi connectivity index (χ4v) is 13.8. The summed E-state index contributed by atoms with van der Waals surface area (Å²) in [5, 5.41) is 1.98. The van der Waals surface area contributed by atoms with E-state index in [1.165, 1.54) is 5.56 Å². The third-order valence-electron chi connectivity index (χ3n) is 19.0. The Morgan fingerprint density at radius 1 is 0.506 bits per heavy atom. The minimum Gasteiger partial charge on any atom is -0.458 e. The normalized spacial score (nSPS) is 21.0. The quantitative estimate of drug-likeness (QED) is 0.123. The van der Waals surface area contributed by atoms with E-state index in [4.69, 9.17) is 17.9 Å². The first-order valence-electron chi connectivity index (χ1n) is 40.1. The summed E-state index contributed by atoms with van der Waals surface area (Å²) in [4.78, 5) is 4.90. The summed E-state index contributed by atoms with van der Waals surface area (Å²) in [6, 6.07) is 51.8. The molecule has 9 aromatic carbocycles. The Bertz CT molecular complexity index is 5730. The number of rotatable bonds is 6. The van der Waals surface area contributed by atoms with E-state index in [-0.39, 0.29) is 32.7 Å². The average molecular weight is 1180 g/mol. The maximum atomic E-state index is 10.6. The number of nitrogens with zero attached hydrogens (tertiary/aromatic N) is 4. The number of imidazole rings is 1. The van der Waals surface area contributed by atoms with Gasteiger partial charge in [-0.2, -0.15) is 0 Å². The molecule has 5 heteroatoms. The van der Waals surface area contributed by atoms with Gasteiger partial charge in [0.1, 0.15) is 17.3 Å². The van der Waals surface area contributed by atoms with Gasteiger partial charge in [0.05, 0.1) is 37.6 Å². The van der Waals surface area contributed by atoms with Crippen molar-refractivity contribution >= 4 is 32.8 Å². The fourth-order valence-electron chi connectivity index (χ4n) is 13.8. The van der Waals surface area contributed by atoms with Crippen LogP contribution in [-0.2, 0) is 32.5 Å². The molecule has 0 saturated carbocycles. The van der Waals surface area contributed by atoms with Crippen LogP contribution in [0.4, 0.5) is 0 Å². The van der Waals surface area contributed by atoms with Crippen molar-refractivity contribution in [3.8, 4) is 84.3 Å². The Morgan fingerprint density at radius 2 is 1.13 bits per heavy atom. The number of para-hydroxylation sites is 2. The second-order valence-corrected chi connectivity index (χ2v) is 28.0. The lowest BCUT2D eigenvalue weighted by Gasteiger charge is -2.42.